The number of nitrogens with one attached hydrogen (secondary N) is 1. The van der Waals surface area contributed by atoms with Crippen molar-refractivity contribution in [1.82, 2.24) is 10.2 Å². The number of likely N-dealkylation sites (N-methyl/N-ethyl adjacent to an activating group) is 1. The smallest absolute Gasteiger partial charge is 0.123 e. The monoisotopic (exact) mass is 249 g/mol. The van der Waals surface area contributed by atoms with Crippen LogP contribution in [0.15, 0.2) is 18.2 Å². The second-order valence-corrected chi connectivity index (χ2v) is 5.09. The summed E-state index contributed by atoms with van der Waals surface area (Å²) in [4.78, 5) is 2.31. The van der Waals surface area contributed by atoms with Crippen molar-refractivity contribution in [3.05, 3.63) is 29.3 Å². The van der Waals surface area contributed by atoms with Crippen LogP contribution in [0.1, 0.15) is 17.2 Å². The molecule has 1 aliphatic rings. The molecule has 1 aromatic carbocycles. The van der Waals surface area contributed by atoms with Crippen molar-refractivity contribution in [3.8, 4) is 5.75 Å². The third-order valence-electron chi connectivity index (χ3n) is 3.59. The van der Waals surface area contributed by atoms with Gasteiger partial charge in [-0.2, -0.15) is 0 Å². The van der Waals surface area contributed by atoms with E-state index in [9.17, 15) is 0 Å². The third-order valence-corrected chi connectivity index (χ3v) is 3.59. The molecule has 18 heavy (non-hydrogen) atoms. The zero-order valence-corrected chi connectivity index (χ0v) is 11.4. The van der Waals surface area contributed by atoms with E-state index in [0.717, 1.165) is 30.9 Å². The van der Waals surface area contributed by atoms with E-state index >= 15 is 0 Å². The van der Waals surface area contributed by atoms with Crippen molar-refractivity contribution in [2.45, 2.75) is 19.0 Å². The molecule has 4 nitrogen and oxygen atoms in total. The summed E-state index contributed by atoms with van der Waals surface area (Å²) in [5.41, 5.74) is 8.71. The van der Waals surface area contributed by atoms with Gasteiger partial charge in [-0.15, -0.1) is 0 Å². The van der Waals surface area contributed by atoms with Gasteiger partial charge in [-0.1, -0.05) is 17.7 Å². The highest BCUT2D eigenvalue weighted by Gasteiger charge is 2.25. The van der Waals surface area contributed by atoms with Crippen LogP contribution in [-0.2, 0) is 0 Å². The van der Waals surface area contributed by atoms with Gasteiger partial charge in [0.1, 0.15) is 5.75 Å². The fraction of sp³-hybridized carbons (Fsp3) is 0.571. The molecule has 2 atom stereocenters. The quantitative estimate of drug-likeness (QED) is 0.836. The minimum Gasteiger partial charge on any atom is -0.496 e. The Labute approximate surface area is 109 Å². The molecule has 0 spiro atoms. The highest BCUT2D eigenvalue weighted by atomic mass is 16.5. The van der Waals surface area contributed by atoms with E-state index in [-0.39, 0.29) is 12.1 Å². The van der Waals surface area contributed by atoms with Crippen LogP contribution in [0.5, 0.6) is 5.75 Å². The molecule has 1 heterocycles. The van der Waals surface area contributed by atoms with Gasteiger partial charge in [0.25, 0.3) is 0 Å². The van der Waals surface area contributed by atoms with E-state index < -0.39 is 0 Å². The van der Waals surface area contributed by atoms with Gasteiger partial charge in [-0.25, -0.2) is 0 Å². The number of methoxy groups -OCH3 is 1. The lowest BCUT2D eigenvalue weighted by molar-refractivity contribution is 0.218. The molecule has 0 amide bonds. The van der Waals surface area contributed by atoms with Gasteiger partial charge in [-0.05, 0) is 20.0 Å². The van der Waals surface area contributed by atoms with E-state index in [0.29, 0.717) is 0 Å². The van der Waals surface area contributed by atoms with Crippen molar-refractivity contribution in [3.63, 3.8) is 0 Å². The number of nitrogens with two attached hydrogens (primary N) is 1. The van der Waals surface area contributed by atoms with Crippen molar-refractivity contribution < 1.29 is 4.74 Å². The molecule has 0 bridgehead atoms. The minimum atomic E-state index is -0.0393. The zero-order chi connectivity index (χ0) is 13.1. The molecule has 100 valence electrons. The first kappa shape index (κ1) is 13.3. The van der Waals surface area contributed by atoms with E-state index in [1.54, 1.807) is 7.11 Å². The summed E-state index contributed by atoms with van der Waals surface area (Å²) in [5, 5.41) is 3.50. The number of hydrogen-bond acceptors (Lipinski definition) is 4. The van der Waals surface area contributed by atoms with Gasteiger partial charge in [0.2, 0.25) is 0 Å². The van der Waals surface area contributed by atoms with Crippen molar-refractivity contribution in [1.29, 1.82) is 0 Å². The zero-order valence-electron chi connectivity index (χ0n) is 11.4. The Bertz CT molecular complexity index is 408. The maximum atomic E-state index is 6.41. The fourth-order valence-electron chi connectivity index (χ4n) is 2.50. The number of nitrogens with zero attached hydrogens (tertiary/aromatic N) is 1. The normalized spacial score (nSPS) is 22.8. The van der Waals surface area contributed by atoms with E-state index in [4.69, 9.17) is 10.5 Å². The summed E-state index contributed by atoms with van der Waals surface area (Å²) >= 11 is 0. The molecule has 0 aromatic heterocycles. The molecule has 1 saturated heterocycles. The molecule has 3 N–H and O–H groups in total. The molecule has 2 rings (SSSR count). The predicted octanol–water partition coefficient (Wildman–Crippen LogP) is 0.907. The van der Waals surface area contributed by atoms with E-state index in [1.165, 1.54) is 5.56 Å². The first-order valence-electron chi connectivity index (χ1n) is 6.44. The van der Waals surface area contributed by atoms with Gasteiger partial charge in [0.05, 0.1) is 7.11 Å². The summed E-state index contributed by atoms with van der Waals surface area (Å²) in [6.45, 7) is 5.12. The number of ether oxygens (including phenoxy) is 1. The maximum absolute atomic E-state index is 6.41. The third kappa shape index (κ3) is 2.83. The van der Waals surface area contributed by atoms with Crippen LogP contribution in [0.25, 0.3) is 0 Å². The van der Waals surface area contributed by atoms with Crippen LogP contribution >= 0.6 is 0 Å². The summed E-state index contributed by atoms with van der Waals surface area (Å²) in [5.74, 6) is 0.878. The van der Waals surface area contributed by atoms with Crippen molar-refractivity contribution in [2.75, 3.05) is 33.8 Å². The minimum absolute atomic E-state index is 0.0393. The second kappa shape index (κ2) is 5.69. The Morgan fingerprint density at radius 1 is 1.50 bits per heavy atom. The van der Waals surface area contributed by atoms with Crippen LogP contribution in [-0.4, -0.2) is 44.7 Å². The number of rotatable bonds is 3. The molecule has 0 radical (unpaired) electrons. The van der Waals surface area contributed by atoms with Crippen LogP contribution in [0.4, 0.5) is 0 Å². The maximum Gasteiger partial charge on any atom is 0.123 e. The Morgan fingerprint density at radius 2 is 2.28 bits per heavy atom. The number of hydrogen-bond donors (Lipinski definition) is 2. The van der Waals surface area contributed by atoms with E-state index in [2.05, 4.69) is 36.3 Å². The van der Waals surface area contributed by atoms with Crippen LogP contribution in [0, 0.1) is 6.92 Å². The Morgan fingerprint density at radius 3 is 2.94 bits per heavy atom. The SMILES string of the molecule is COc1ccc(C)cc1C(N)C1CN(C)CCN1. The summed E-state index contributed by atoms with van der Waals surface area (Å²) < 4.78 is 5.42. The molecular weight excluding hydrogens is 226 g/mol. The first-order chi connectivity index (χ1) is 8.61. The Kier molecular flexibility index (Phi) is 4.22. The molecule has 0 saturated carbocycles. The lowest BCUT2D eigenvalue weighted by Crippen LogP contribution is -2.53. The molecule has 1 aromatic rings. The first-order valence-corrected chi connectivity index (χ1v) is 6.44. The molecule has 0 aliphatic carbocycles. The largest absolute Gasteiger partial charge is 0.496 e. The van der Waals surface area contributed by atoms with Crippen molar-refractivity contribution >= 4 is 0 Å². The van der Waals surface area contributed by atoms with Gasteiger partial charge in [0, 0.05) is 37.3 Å². The summed E-state index contributed by atoms with van der Waals surface area (Å²) in [7, 11) is 3.83. The van der Waals surface area contributed by atoms with E-state index in [1.807, 2.05) is 6.07 Å². The van der Waals surface area contributed by atoms with Crippen LogP contribution in [0.3, 0.4) is 0 Å². The summed E-state index contributed by atoms with van der Waals surface area (Å²) in [6.07, 6.45) is 0. The topological polar surface area (TPSA) is 50.5 Å². The van der Waals surface area contributed by atoms with Gasteiger partial charge in [-0.3, -0.25) is 0 Å². The van der Waals surface area contributed by atoms with Crippen LogP contribution < -0.4 is 15.8 Å². The second-order valence-electron chi connectivity index (χ2n) is 5.09. The Balaban J connectivity index is 2.21. The average molecular weight is 249 g/mol. The lowest BCUT2D eigenvalue weighted by atomic mass is 9.96. The molecular formula is C14H23N3O. The standard InChI is InChI=1S/C14H23N3O/c1-10-4-5-13(18-3)11(8-10)14(15)12-9-17(2)7-6-16-12/h4-5,8,12,14,16H,6-7,9,15H2,1-3H3. The van der Waals surface area contributed by atoms with Gasteiger partial charge in [0.15, 0.2) is 0 Å². The molecule has 1 fully saturated rings. The van der Waals surface area contributed by atoms with Crippen LogP contribution in [0.2, 0.25) is 0 Å². The molecule has 2 unspecified atom stereocenters. The Hall–Kier alpha value is -1.10. The summed E-state index contributed by atoms with van der Waals surface area (Å²) in [6, 6.07) is 6.41. The number of benzene rings is 1. The molecule has 1 aliphatic heterocycles. The lowest BCUT2D eigenvalue weighted by Gasteiger charge is -2.35. The highest BCUT2D eigenvalue weighted by molar-refractivity contribution is 5.39. The number of aryl methyl sites for hydroxylation is 1. The van der Waals surface area contributed by atoms with Crippen molar-refractivity contribution in [2.24, 2.45) is 5.73 Å². The fourth-order valence-corrected chi connectivity index (χ4v) is 2.50. The number of piperazine rings is 1. The average Bonchev–Trinajstić information content (AvgIpc) is 2.38. The van der Waals surface area contributed by atoms with Gasteiger partial charge >= 0.3 is 0 Å². The predicted molar refractivity (Wildman–Crippen MR) is 73.9 cm³/mol. The highest BCUT2D eigenvalue weighted by Crippen LogP contribution is 2.27. The van der Waals surface area contributed by atoms with Gasteiger partial charge < -0.3 is 20.7 Å². The molecule has 4 heteroatoms.